The largest absolute Gasteiger partial charge is 0.457 e. The number of rotatable bonds is 10. The van der Waals surface area contributed by atoms with Crippen LogP contribution in [0.25, 0.3) is 0 Å². The summed E-state index contributed by atoms with van der Waals surface area (Å²) in [6.07, 6.45) is 2.30. The molecule has 34 heavy (non-hydrogen) atoms. The second-order valence-electron chi connectivity index (χ2n) is 8.54. The van der Waals surface area contributed by atoms with Gasteiger partial charge in [0, 0.05) is 28.9 Å². The summed E-state index contributed by atoms with van der Waals surface area (Å²) in [7, 11) is 0. The van der Waals surface area contributed by atoms with Gasteiger partial charge in [-0.3, -0.25) is 9.59 Å². The van der Waals surface area contributed by atoms with Gasteiger partial charge in [0.2, 0.25) is 11.5 Å². The molecule has 0 saturated heterocycles. The highest BCUT2D eigenvalue weighted by molar-refractivity contribution is 7.99. The molecular formula is C25H28O8S. The first-order chi connectivity index (χ1) is 16.5. The highest BCUT2D eigenvalue weighted by Gasteiger charge is 2.41. The average molecular weight is 489 g/mol. The van der Waals surface area contributed by atoms with E-state index in [1.807, 2.05) is 18.2 Å². The number of benzene rings is 1. The molecule has 8 nitrogen and oxygen atoms in total. The summed E-state index contributed by atoms with van der Waals surface area (Å²) in [6, 6.07) is 8.96. The van der Waals surface area contributed by atoms with Gasteiger partial charge in [0.15, 0.2) is 5.78 Å². The fourth-order valence-corrected chi connectivity index (χ4v) is 5.83. The summed E-state index contributed by atoms with van der Waals surface area (Å²) >= 11 is 1.56. The number of thioether (sulfide) groups is 1. The molecule has 4 rings (SSSR count). The number of aliphatic hydroxyl groups is 2. The highest BCUT2D eigenvalue weighted by atomic mass is 32.2. The van der Waals surface area contributed by atoms with Crippen LogP contribution in [0.4, 0.5) is 0 Å². The van der Waals surface area contributed by atoms with E-state index in [9.17, 15) is 19.5 Å². The van der Waals surface area contributed by atoms with Crippen LogP contribution >= 0.6 is 11.8 Å². The molecule has 0 amide bonds. The maximum absolute atomic E-state index is 12.5. The maximum Gasteiger partial charge on any atom is 0.374 e. The molecule has 1 aromatic heterocycles. The van der Waals surface area contributed by atoms with Gasteiger partial charge in [0.05, 0.1) is 19.3 Å². The summed E-state index contributed by atoms with van der Waals surface area (Å²) < 4.78 is 15.9. The van der Waals surface area contributed by atoms with Gasteiger partial charge in [0.1, 0.15) is 19.0 Å². The van der Waals surface area contributed by atoms with Crippen LogP contribution in [-0.4, -0.2) is 53.3 Å². The number of Topliss-reactive ketones (excluding diaryl/α,β-unsaturated/α-hetero) is 2. The van der Waals surface area contributed by atoms with Crippen LogP contribution in [-0.2, 0) is 32.1 Å². The Balaban J connectivity index is 1.33. The Labute approximate surface area is 201 Å². The van der Waals surface area contributed by atoms with E-state index >= 15 is 0 Å². The molecule has 0 radical (unpaired) electrons. The van der Waals surface area contributed by atoms with Gasteiger partial charge < -0.3 is 24.1 Å². The number of hydrogen-bond donors (Lipinski definition) is 2. The van der Waals surface area contributed by atoms with Crippen LogP contribution in [0.5, 0.6) is 0 Å². The molecule has 0 spiro atoms. The van der Waals surface area contributed by atoms with Crippen molar-refractivity contribution in [3.63, 3.8) is 0 Å². The number of furan rings is 1. The van der Waals surface area contributed by atoms with Crippen molar-refractivity contribution in [2.45, 2.75) is 43.3 Å². The van der Waals surface area contributed by atoms with E-state index < -0.39 is 18.0 Å². The fraction of sp³-hybridized carbons (Fsp3) is 0.480. The van der Waals surface area contributed by atoms with Crippen molar-refractivity contribution in [3.05, 3.63) is 53.0 Å². The molecule has 182 valence electrons. The second-order valence-corrected chi connectivity index (χ2v) is 9.60. The molecule has 9 heteroatoms. The molecule has 1 saturated carbocycles. The van der Waals surface area contributed by atoms with Crippen LogP contribution < -0.4 is 0 Å². The second kappa shape index (κ2) is 11.3. The molecule has 0 aliphatic heterocycles. The Morgan fingerprint density at radius 1 is 1.21 bits per heavy atom. The summed E-state index contributed by atoms with van der Waals surface area (Å²) in [5.74, 6) is -1.11. The van der Waals surface area contributed by atoms with Crippen LogP contribution in [0.1, 0.15) is 52.8 Å². The number of hydrogen-bond acceptors (Lipinski definition) is 9. The van der Waals surface area contributed by atoms with Crippen LogP contribution in [0.15, 0.2) is 39.6 Å². The lowest BCUT2D eigenvalue weighted by atomic mass is 9.89. The molecule has 2 aliphatic rings. The van der Waals surface area contributed by atoms with Crippen molar-refractivity contribution in [3.8, 4) is 0 Å². The fourth-order valence-electron chi connectivity index (χ4n) is 4.48. The summed E-state index contributed by atoms with van der Waals surface area (Å²) in [4.78, 5) is 37.5. The number of carbonyl (C=O) groups is 3. The van der Waals surface area contributed by atoms with Crippen LogP contribution in [0.2, 0.25) is 0 Å². The Morgan fingerprint density at radius 2 is 2.06 bits per heavy atom. The van der Waals surface area contributed by atoms with E-state index in [-0.39, 0.29) is 56.1 Å². The molecule has 1 unspecified atom stereocenters. The van der Waals surface area contributed by atoms with Gasteiger partial charge in [0.25, 0.3) is 0 Å². The molecule has 1 aromatic carbocycles. The van der Waals surface area contributed by atoms with Gasteiger partial charge in [-0.05, 0) is 48.6 Å². The van der Waals surface area contributed by atoms with Crippen molar-refractivity contribution in [1.29, 1.82) is 0 Å². The third kappa shape index (κ3) is 5.60. The minimum atomic E-state index is -0.667. The predicted octanol–water partition coefficient (Wildman–Crippen LogP) is 2.88. The molecule has 2 aliphatic carbocycles. The number of carbonyl (C=O) groups excluding carboxylic acids is 3. The molecule has 3 atom stereocenters. The number of aliphatic hydroxyl groups excluding tert-OH is 2. The van der Waals surface area contributed by atoms with Crippen molar-refractivity contribution in [2.24, 2.45) is 11.8 Å². The normalized spacial score (nSPS) is 22.1. The Kier molecular flexibility index (Phi) is 8.20. The van der Waals surface area contributed by atoms with E-state index in [4.69, 9.17) is 19.0 Å². The van der Waals surface area contributed by atoms with Crippen LogP contribution in [0, 0.1) is 11.8 Å². The minimum absolute atomic E-state index is 0.0175. The van der Waals surface area contributed by atoms with Gasteiger partial charge in [-0.2, -0.15) is 0 Å². The lowest BCUT2D eigenvalue weighted by Crippen LogP contribution is -2.23. The molecule has 1 heterocycles. The van der Waals surface area contributed by atoms with Crippen molar-refractivity contribution >= 4 is 29.3 Å². The van der Waals surface area contributed by atoms with E-state index in [0.717, 1.165) is 35.3 Å². The average Bonchev–Trinajstić information content (AvgIpc) is 3.41. The number of fused-ring (bicyclic) bond motifs is 1. The Morgan fingerprint density at radius 3 is 2.88 bits per heavy atom. The van der Waals surface area contributed by atoms with E-state index in [1.54, 1.807) is 17.8 Å². The molecular weight excluding hydrogens is 460 g/mol. The minimum Gasteiger partial charge on any atom is -0.457 e. The topological polar surface area (TPSA) is 123 Å². The summed E-state index contributed by atoms with van der Waals surface area (Å²) in [5, 5.41) is 19.0. The molecule has 2 aromatic rings. The summed E-state index contributed by atoms with van der Waals surface area (Å²) in [5.41, 5.74) is 2.10. The third-order valence-electron chi connectivity index (χ3n) is 6.24. The lowest BCUT2D eigenvalue weighted by Gasteiger charge is -2.24. The number of esters is 1. The first-order valence-electron chi connectivity index (χ1n) is 11.4. The first-order valence-corrected chi connectivity index (χ1v) is 12.4. The maximum atomic E-state index is 12.5. The van der Waals surface area contributed by atoms with Crippen LogP contribution in [0.3, 0.4) is 0 Å². The van der Waals surface area contributed by atoms with E-state index in [1.165, 1.54) is 6.07 Å². The standard InChI is InChI=1S/C25H28O8S/c26-9-10-32-25(30)22-8-7-16(33-22)13-31-12-15-11-21(28)24(29)19(15)14-34-23-6-2-3-17-18(23)4-1-5-20(17)27/h2-3,6-8,15,19-20,26-27H,1,4-5,9-14H2/t15-,19-,20?/m1/s1. The quantitative estimate of drug-likeness (QED) is 0.295. The van der Waals surface area contributed by atoms with Crippen molar-refractivity contribution in [1.82, 2.24) is 0 Å². The first kappa shape index (κ1) is 24.7. The molecule has 1 fully saturated rings. The lowest BCUT2D eigenvalue weighted by molar-refractivity contribution is -0.135. The smallest absolute Gasteiger partial charge is 0.374 e. The zero-order valence-corrected chi connectivity index (χ0v) is 19.6. The molecule has 0 bridgehead atoms. The Hall–Kier alpha value is -2.46. The highest BCUT2D eigenvalue weighted by Crippen LogP contribution is 2.38. The molecule has 2 N–H and O–H groups in total. The Bertz CT molecular complexity index is 1050. The van der Waals surface area contributed by atoms with Gasteiger partial charge in [-0.25, -0.2) is 4.79 Å². The van der Waals surface area contributed by atoms with Gasteiger partial charge >= 0.3 is 5.97 Å². The number of ketones is 2. The number of ether oxygens (including phenoxy) is 2. The van der Waals surface area contributed by atoms with Gasteiger partial charge in [-0.1, -0.05) is 12.1 Å². The zero-order chi connectivity index (χ0) is 24.1. The third-order valence-corrected chi connectivity index (χ3v) is 7.46. The monoisotopic (exact) mass is 488 g/mol. The van der Waals surface area contributed by atoms with Gasteiger partial charge in [-0.15, -0.1) is 11.8 Å². The SMILES string of the molecule is O=C1C[C@H](COCc2ccc(C(=O)OCCO)o2)[C@@H](CSc2cccc3c2CCCC3O)C1=O. The van der Waals surface area contributed by atoms with Crippen molar-refractivity contribution in [2.75, 3.05) is 25.6 Å². The summed E-state index contributed by atoms with van der Waals surface area (Å²) in [6.45, 7) is -0.0638. The van der Waals surface area contributed by atoms with E-state index in [0.29, 0.717) is 11.5 Å². The zero-order valence-electron chi connectivity index (χ0n) is 18.7. The predicted molar refractivity (Wildman–Crippen MR) is 122 cm³/mol. The van der Waals surface area contributed by atoms with Crippen molar-refractivity contribution < 1.29 is 38.5 Å². The van der Waals surface area contributed by atoms with E-state index in [2.05, 4.69) is 0 Å².